The van der Waals surface area contributed by atoms with E-state index in [1.807, 2.05) is 0 Å². The van der Waals surface area contributed by atoms with Crippen LogP contribution >= 0.6 is 11.6 Å². The quantitative estimate of drug-likeness (QED) is 0.548. The average Bonchev–Trinajstić information content (AvgIpc) is 2.22. The van der Waals surface area contributed by atoms with E-state index in [1.165, 1.54) is 0 Å². The highest BCUT2D eigenvalue weighted by Crippen LogP contribution is 2.27. The second-order valence-corrected chi connectivity index (χ2v) is 6.53. The molecule has 0 saturated heterocycles. The number of rotatable bonds is 7. The van der Waals surface area contributed by atoms with Crippen LogP contribution in [0.1, 0.15) is 53.9 Å². The summed E-state index contributed by atoms with van der Waals surface area (Å²) in [5.74, 6) is 1.83. The second-order valence-electron chi connectivity index (χ2n) is 6.22. The molecule has 0 aliphatic heterocycles. The van der Waals surface area contributed by atoms with Gasteiger partial charge in [0.05, 0.1) is 0 Å². The van der Waals surface area contributed by atoms with Gasteiger partial charge in [-0.05, 0) is 30.1 Å². The third-order valence-corrected chi connectivity index (χ3v) is 3.96. The summed E-state index contributed by atoms with van der Waals surface area (Å²) in [6, 6.07) is 0. The fraction of sp³-hybridized carbons (Fsp3) is 0.929. The minimum absolute atomic E-state index is 0.172. The maximum Gasteiger partial charge on any atom is 0.220 e. The molecule has 0 aliphatic rings. The van der Waals surface area contributed by atoms with Gasteiger partial charge in [0.15, 0.2) is 0 Å². The van der Waals surface area contributed by atoms with Crippen LogP contribution in [-0.4, -0.2) is 18.3 Å². The number of amides is 1. The van der Waals surface area contributed by atoms with Crippen LogP contribution in [0.15, 0.2) is 0 Å². The molecule has 2 unspecified atom stereocenters. The fourth-order valence-electron chi connectivity index (χ4n) is 1.41. The van der Waals surface area contributed by atoms with Crippen molar-refractivity contribution in [3.8, 4) is 0 Å². The number of alkyl halides is 1. The van der Waals surface area contributed by atoms with Gasteiger partial charge < -0.3 is 5.32 Å². The summed E-state index contributed by atoms with van der Waals surface area (Å²) >= 11 is 5.73. The van der Waals surface area contributed by atoms with Gasteiger partial charge in [-0.3, -0.25) is 4.79 Å². The molecule has 102 valence electrons. The van der Waals surface area contributed by atoms with Crippen LogP contribution in [-0.2, 0) is 4.79 Å². The molecule has 0 radical (unpaired) electrons. The van der Waals surface area contributed by atoms with E-state index in [0.29, 0.717) is 24.1 Å². The largest absolute Gasteiger partial charge is 0.356 e. The van der Waals surface area contributed by atoms with Crippen molar-refractivity contribution in [3.63, 3.8) is 0 Å². The first kappa shape index (κ1) is 16.8. The van der Waals surface area contributed by atoms with Crippen molar-refractivity contribution in [2.75, 3.05) is 12.4 Å². The van der Waals surface area contributed by atoms with E-state index in [1.54, 1.807) is 0 Å². The monoisotopic (exact) mass is 261 g/mol. The van der Waals surface area contributed by atoms with Crippen molar-refractivity contribution in [2.45, 2.75) is 53.9 Å². The van der Waals surface area contributed by atoms with Crippen molar-refractivity contribution in [1.29, 1.82) is 0 Å². The SMILES string of the molecule is CC(CCl)CCCNC(=O)CC(C)C(C)(C)C. The predicted octanol–water partition coefficient (Wildman–Crippen LogP) is 3.83. The summed E-state index contributed by atoms with van der Waals surface area (Å²) in [7, 11) is 0. The van der Waals surface area contributed by atoms with E-state index in [-0.39, 0.29) is 11.3 Å². The minimum Gasteiger partial charge on any atom is -0.356 e. The molecule has 0 aromatic rings. The third-order valence-electron chi connectivity index (χ3n) is 3.43. The molecule has 0 aromatic heterocycles. The number of hydrogen-bond donors (Lipinski definition) is 1. The van der Waals surface area contributed by atoms with Crippen LogP contribution in [0.3, 0.4) is 0 Å². The van der Waals surface area contributed by atoms with Gasteiger partial charge in [-0.1, -0.05) is 34.6 Å². The molecular formula is C14H28ClNO. The van der Waals surface area contributed by atoms with E-state index in [4.69, 9.17) is 11.6 Å². The van der Waals surface area contributed by atoms with Crippen LogP contribution in [0.25, 0.3) is 0 Å². The smallest absolute Gasteiger partial charge is 0.220 e. The molecule has 0 aromatic carbocycles. The number of nitrogens with one attached hydrogen (secondary N) is 1. The van der Waals surface area contributed by atoms with Gasteiger partial charge in [0.25, 0.3) is 0 Å². The van der Waals surface area contributed by atoms with Gasteiger partial charge in [0.1, 0.15) is 0 Å². The fourth-order valence-corrected chi connectivity index (χ4v) is 1.57. The minimum atomic E-state index is 0.172. The topological polar surface area (TPSA) is 29.1 Å². The Bertz CT molecular complexity index is 223. The summed E-state index contributed by atoms with van der Waals surface area (Å²) in [5, 5.41) is 2.98. The highest BCUT2D eigenvalue weighted by atomic mass is 35.5. The van der Waals surface area contributed by atoms with Crippen molar-refractivity contribution < 1.29 is 4.79 Å². The van der Waals surface area contributed by atoms with Gasteiger partial charge in [-0.25, -0.2) is 0 Å². The maximum atomic E-state index is 11.7. The lowest BCUT2D eigenvalue weighted by molar-refractivity contribution is -0.122. The molecule has 0 aliphatic carbocycles. The van der Waals surface area contributed by atoms with E-state index in [2.05, 4.69) is 39.9 Å². The zero-order chi connectivity index (χ0) is 13.5. The molecule has 0 rings (SSSR count). The van der Waals surface area contributed by atoms with E-state index < -0.39 is 0 Å². The van der Waals surface area contributed by atoms with Crippen LogP contribution in [0.5, 0.6) is 0 Å². The number of carbonyl (C=O) groups is 1. The number of carbonyl (C=O) groups excluding carboxylic acids is 1. The first-order chi connectivity index (χ1) is 7.77. The van der Waals surface area contributed by atoms with E-state index in [0.717, 1.165) is 19.4 Å². The van der Waals surface area contributed by atoms with Crippen molar-refractivity contribution >= 4 is 17.5 Å². The Balaban J connectivity index is 3.67. The molecule has 3 heteroatoms. The molecular weight excluding hydrogens is 234 g/mol. The lowest BCUT2D eigenvalue weighted by Gasteiger charge is -2.26. The zero-order valence-electron chi connectivity index (χ0n) is 12.0. The van der Waals surface area contributed by atoms with Crippen LogP contribution in [0, 0.1) is 17.3 Å². The molecule has 0 heterocycles. The lowest BCUT2D eigenvalue weighted by atomic mass is 9.80. The molecule has 17 heavy (non-hydrogen) atoms. The second kappa shape index (κ2) is 7.97. The standard InChI is InChI=1S/C14H28ClNO/c1-11(10-15)7-6-8-16-13(17)9-12(2)14(3,4)5/h11-12H,6-10H2,1-5H3,(H,16,17). The summed E-state index contributed by atoms with van der Waals surface area (Å²) in [5.41, 5.74) is 0.199. The third kappa shape index (κ3) is 8.48. The average molecular weight is 262 g/mol. The predicted molar refractivity (Wildman–Crippen MR) is 75.4 cm³/mol. The molecule has 2 atom stereocenters. The first-order valence-electron chi connectivity index (χ1n) is 6.60. The molecule has 2 nitrogen and oxygen atoms in total. The molecule has 0 fully saturated rings. The van der Waals surface area contributed by atoms with Gasteiger partial charge in [-0.2, -0.15) is 0 Å². The molecule has 0 saturated carbocycles. The molecule has 0 spiro atoms. The summed E-state index contributed by atoms with van der Waals surface area (Å²) in [6.07, 6.45) is 2.72. The lowest BCUT2D eigenvalue weighted by Crippen LogP contribution is -2.29. The highest BCUT2D eigenvalue weighted by Gasteiger charge is 2.22. The first-order valence-corrected chi connectivity index (χ1v) is 7.13. The Hall–Kier alpha value is -0.240. The van der Waals surface area contributed by atoms with E-state index >= 15 is 0 Å². The Morgan fingerprint density at radius 2 is 1.88 bits per heavy atom. The summed E-state index contributed by atoms with van der Waals surface area (Å²) < 4.78 is 0. The molecule has 1 amide bonds. The zero-order valence-corrected chi connectivity index (χ0v) is 12.7. The Kier molecular flexibility index (Phi) is 7.85. The Morgan fingerprint density at radius 3 is 2.35 bits per heavy atom. The van der Waals surface area contributed by atoms with E-state index in [9.17, 15) is 4.79 Å². The Labute approximate surface area is 111 Å². The van der Waals surface area contributed by atoms with Gasteiger partial charge in [0.2, 0.25) is 5.91 Å². The van der Waals surface area contributed by atoms with Gasteiger partial charge in [0, 0.05) is 18.8 Å². The maximum absolute atomic E-state index is 11.7. The summed E-state index contributed by atoms with van der Waals surface area (Å²) in [4.78, 5) is 11.7. The Morgan fingerprint density at radius 1 is 1.29 bits per heavy atom. The summed E-state index contributed by atoms with van der Waals surface area (Å²) in [6.45, 7) is 11.6. The van der Waals surface area contributed by atoms with Crippen LogP contribution in [0.4, 0.5) is 0 Å². The molecule has 0 bridgehead atoms. The molecule has 1 N–H and O–H groups in total. The van der Waals surface area contributed by atoms with Crippen molar-refractivity contribution in [3.05, 3.63) is 0 Å². The van der Waals surface area contributed by atoms with Gasteiger partial charge in [-0.15, -0.1) is 11.6 Å². The number of hydrogen-bond acceptors (Lipinski definition) is 1. The van der Waals surface area contributed by atoms with Gasteiger partial charge >= 0.3 is 0 Å². The van der Waals surface area contributed by atoms with Crippen molar-refractivity contribution in [1.82, 2.24) is 5.32 Å². The number of halogens is 1. The van der Waals surface area contributed by atoms with Crippen molar-refractivity contribution in [2.24, 2.45) is 17.3 Å². The van der Waals surface area contributed by atoms with Crippen LogP contribution < -0.4 is 5.32 Å². The highest BCUT2D eigenvalue weighted by molar-refractivity contribution is 6.18. The normalized spacial score (nSPS) is 15.4. The van der Waals surface area contributed by atoms with Crippen LogP contribution in [0.2, 0.25) is 0 Å².